The zero-order chi connectivity index (χ0) is 33.0. The van der Waals surface area contributed by atoms with E-state index >= 15 is 0 Å². The van der Waals surface area contributed by atoms with Crippen molar-refractivity contribution in [3.63, 3.8) is 0 Å². The van der Waals surface area contributed by atoms with Crippen LogP contribution in [0.3, 0.4) is 0 Å². The molecule has 4 aromatic heterocycles. The summed E-state index contributed by atoms with van der Waals surface area (Å²) in [7, 11) is 0. The molecule has 0 unspecified atom stereocenters. The second-order valence-corrected chi connectivity index (χ2v) is 12.2. The minimum absolute atomic E-state index is 0.573. The van der Waals surface area contributed by atoms with Crippen LogP contribution >= 0.6 is 0 Å². The highest BCUT2D eigenvalue weighted by molar-refractivity contribution is 6.11. The van der Waals surface area contributed by atoms with E-state index in [4.69, 9.17) is 28.8 Å². The lowest BCUT2D eigenvalue weighted by atomic mass is 10.0. The summed E-state index contributed by atoms with van der Waals surface area (Å²) in [6.07, 6.45) is 0. The van der Waals surface area contributed by atoms with Gasteiger partial charge in [-0.1, -0.05) is 121 Å². The van der Waals surface area contributed by atoms with Crippen LogP contribution in [0.4, 0.5) is 0 Å². The zero-order valence-corrected chi connectivity index (χ0v) is 26.6. The third-order valence-corrected chi connectivity index (χ3v) is 9.13. The summed E-state index contributed by atoms with van der Waals surface area (Å²) in [6, 6.07) is 52.8. The number of hydrogen-bond donors (Lipinski definition) is 0. The van der Waals surface area contributed by atoms with E-state index in [2.05, 4.69) is 36.4 Å². The molecule has 0 saturated heterocycles. The van der Waals surface area contributed by atoms with Crippen LogP contribution in [0.2, 0.25) is 0 Å². The Hall–Kier alpha value is -6.92. The van der Waals surface area contributed by atoms with Gasteiger partial charge in [0.2, 0.25) is 0 Å². The molecule has 50 heavy (non-hydrogen) atoms. The normalized spacial score (nSPS) is 11.6. The molecule has 0 saturated carbocycles. The third kappa shape index (κ3) is 4.65. The van der Waals surface area contributed by atoms with Crippen molar-refractivity contribution in [1.29, 1.82) is 0 Å². The van der Waals surface area contributed by atoms with Crippen molar-refractivity contribution in [3.05, 3.63) is 158 Å². The molecule has 0 amide bonds. The number of rotatable bonds is 5. The Morgan fingerprint density at radius 2 is 1.00 bits per heavy atom. The van der Waals surface area contributed by atoms with E-state index < -0.39 is 0 Å². The molecule has 0 fully saturated rings. The fourth-order valence-electron chi connectivity index (χ4n) is 6.71. The molecule has 10 rings (SSSR count). The van der Waals surface area contributed by atoms with Gasteiger partial charge in [0.15, 0.2) is 17.2 Å². The molecule has 0 aliphatic heterocycles. The quantitative estimate of drug-likeness (QED) is 0.186. The van der Waals surface area contributed by atoms with Gasteiger partial charge in [0.1, 0.15) is 28.0 Å². The highest BCUT2D eigenvalue weighted by Crippen LogP contribution is 2.40. The Balaban J connectivity index is 1.15. The monoisotopic (exact) mass is 642 g/mol. The van der Waals surface area contributed by atoms with Gasteiger partial charge < -0.3 is 8.83 Å². The molecule has 6 aromatic carbocycles. The molecule has 234 valence electrons. The molecular formula is C44H26N4O2. The molecule has 0 radical (unpaired) electrons. The maximum absolute atomic E-state index is 6.71. The lowest BCUT2D eigenvalue weighted by Crippen LogP contribution is -1.95. The van der Waals surface area contributed by atoms with Gasteiger partial charge in [0.25, 0.3) is 0 Å². The summed E-state index contributed by atoms with van der Waals surface area (Å²) in [5.74, 6) is 1.24. The smallest absolute Gasteiger partial charge is 0.180 e. The maximum atomic E-state index is 6.71. The summed E-state index contributed by atoms with van der Waals surface area (Å²) in [4.78, 5) is 20.2. The largest absolute Gasteiger partial charge is 0.455 e. The second-order valence-electron chi connectivity index (χ2n) is 12.2. The van der Waals surface area contributed by atoms with Gasteiger partial charge in [-0.3, -0.25) is 0 Å². The van der Waals surface area contributed by atoms with Crippen LogP contribution in [0.1, 0.15) is 0 Å². The van der Waals surface area contributed by atoms with E-state index in [1.54, 1.807) is 0 Å². The number of fused-ring (bicyclic) bond motifs is 6. The lowest BCUT2D eigenvalue weighted by Gasteiger charge is -2.09. The number of hydrogen-bond acceptors (Lipinski definition) is 6. The van der Waals surface area contributed by atoms with Gasteiger partial charge in [-0.15, -0.1) is 0 Å². The SMILES string of the molecule is c1ccc(-c2cc(-c3ccc4c(c3)oc3c(-c5nc(-c6ccccc6)c6oc7ccccc7c6n5)cccc34)nc(-c3ccccc3)n2)cc1. The first-order valence-corrected chi connectivity index (χ1v) is 16.5. The highest BCUT2D eigenvalue weighted by atomic mass is 16.3. The van der Waals surface area contributed by atoms with Gasteiger partial charge in [0.05, 0.1) is 17.0 Å². The predicted molar refractivity (Wildman–Crippen MR) is 199 cm³/mol. The number of nitrogens with zero attached hydrogens (tertiary/aromatic N) is 4. The predicted octanol–water partition coefficient (Wildman–Crippen LogP) is 11.4. The molecule has 4 heterocycles. The van der Waals surface area contributed by atoms with Crippen molar-refractivity contribution < 1.29 is 8.83 Å². The maximum Gasteiger partial charge on any atom is 0.180 e. The third-order valence-electron chi connectivity index (χ3n) is 9.13. The van der Waals surface area contributed by atoms with E-state index in [0.29, 0.717) is 17.2 Å². The summed E-state index contributed by atoms with van der Waals surface area (Å²) < 4.78 is 13.0. The summed E-state index contributed by atoms with van der Waals surface area (Å²) >= 11 is 0. The minimum Gasteiger partial charge on any atom is -0.455 e. The van der Waals surface area contributed by atoms with E-state index in [0.717, 1.165) is 83.3 Å². The van der Waals surface area contributed by atoms with Gasteiger partial charge in [-0.2, -0.15) is 0 Å². The van der Waals surface area contributed by atoms with E-state index in [-0.39, 0.29) is 0 Å². The van der Waals surface area contributed by atoms with Crippen LogP contribution in [-0.4, -0.2) is 19.9 Å². The summed E-state index contributed by atoms with van der Waals surface area (Å²) in [5, 5.41) is 2.94. The van der Waals surface area contributed by atoms with Crippen LogP contribution in [0.25, 0.3) is 101 Å². The molecule has 10 aromatic rings. The van der Waals surface area contributed by atoms with Crippen molar-refractivity contribution in [2.75, 3.05) is 0 Å². The number of benzene rings is 6. The minimum atomic E-state index is 0.573. The standard InChI is InChI=1S/C44H26N4O2/c1-4-13-27(14-5-1)35-26-36(46-43(45-35)29-17-8-3-9-18-29)30-23-24-31-32-20-12-21-34(41(32)50-38(31)25-30)44-47-39(28-15-6-2-7-16-28)42-40(48-44)33-19-10-11-22-37(33)49-42/h1-26H. The van der Waals surface area contributed by atoms with E-state index in [9.17, 15) is 0 Å². The summed E-state index contributed by atoms with van der Waals surface area (Å²) in [5.41, 5.74) is 10.8. The van der Waals surface area contributed by atoms with Crippen LogP contribution < -0.4 is 0 Å². The molecule has 0 N–H and O–H groups in total. The first-order valence-electron chi connectivity index (χ1n) is 16.5. The Morgan fingerprint density at radius 3 is 1.78 bits per heavy atom. The summed E-state index contributed by atoms with van der Waals surface area (Å²) in [6.45, 7) is 0. The first kappa shape index (κ1) is 28.1. The Labute approximate surface area is 286 Å². The highest BCUT2D eigenvalue weighted by Gasteiger charge is 2.21. The topological polar surface area (TPSA) is 77.8 Å². The van der Waals surface area contributed by atoms with Crippen LogP contribution in [0, 0.1) is 0 Å². The molecule has 0 aliphatic carbocycles. The molecule has 0 atom stereocenters. The van der Waals surface area contributed by atoms with E-state index in [1.165, 1.54) is 0 Å². The van der Waals surface area contributed by atoms with Crippen LogP contribution in [0.5, 0.6) is 0 Å². The number of aromatic nitrogens is 4. The zero-order valence-electron chi connectivity index (χ0n) is 26.6. The van der Waals surface area contributed by atoms with Crippen molar-refractivity contribution in [2.45, 2.75) is 0 Å². The fraction of sp³-hybridized carbons (Fsp3) is 0. The molecule has 0 spiro atoms. The first-order chi connectivity index (χ1) is 24.8. The molecule has 0 bridgehead atoms. The van der Waals surface area contributed by atoms with Crippen molar-refractivity contribution in [1.82, 2.24) is 19.9 Å². The molecular weight excluding hydrogens is 617 g/mol. The van der Waals surface area contributed by atoms with Gasteiger partial charge >= 0.3 is 0 Å². The average molecular weight is 643 g/mol. The number of para-hydroxylation sites is 2. The van der Waals surface area contributed by atoms with Crippen molar-refractivity contribution in [2.24, 2.45) is 0 Å². The molecule has 6 nitrogen and oxygen atoms in total. The van der Waals surface area contributed by atoms with Crippen molar-refractivity contribution in [3.8, 4) is 56.5 Å². The van der Waals surface area contributed by atoms with Crippen LogP contribution in [0.15, 0.2) is 167 Å². The molecule has 6 heteroatoms. The van der Waals surface area contributed by atoms with Crippen LogP contribution in [-0.2, 0) is 0 Å². The second kappa shape index (κ2) is 11.4. The Morgan fingerprint density at radius 1 is 0.360 bits per heavy atom. The van der Waals surface area contributed by atoms with Gasteiger partial charge in [-0.05, 0) is 36.4 Å². The van der Waals surface area contributed by atoms with Crippen molar-refractivity contribution >= 4 is 44.0 Å². The average Bonchev–Trinajstić information content (AvgIpc) is 3.76. The fourth-order valence-corrected chi connectivity index (χ4v) is 6.71. The van der Waals surface area contributed by atoms with Gasteiger partial charge in [-0.25, -0.2) is 19.9 Å². The van der Waals surface area contributed by atoms with Gasteiger partial charge in [0, 0.05) is 38.4 Å². The Bertz CT molecular complexity index is 2800. The Kier molecular flexibility index (Phi) is 6.39. The molecule has 0 aliphatic rings. The lowest BCUT2D eigenvalue weighted by molar-refractivity contribution is 0.666. The number of furan rings is 2. The van der Waals surface area contributed by atoms with E-state index in [1.807, 2.05) is 121 Å².